The first-order valence-corrected chi connectivity index (χ1v) is 5.46. The molecule has 17 heavy (non-hydrogen) atoms. The average molecular weight is 240 g/mol. The fourth-order valence-electron chi connectivity index (χ4n) is 1.64. The minimum atomic E-state index is -2.41. The lowest BCUT2D eigenvalue weighted by atomic mass is 10.2. The third-order valence-electron chi connectivity index (χ3n) is 2.41. The van der Waals surface area contributed by atoms with Gasteiger partial charge in [-0.2, -0.15) is 0 Å². The van der Waals surface area contributed by atoms with Gasteiger partial charge in [0.05, 0.1) is 17.6 Å². The molecule has 0 saturated heterocycles. The van der Waals surface area contributed by atoms with E-state index >= 15 is 0 Å². The zero-order chi connectivity index (χ0) is 12.3. The lowest BCUT2D eigenvalue weighted by Crippen LogP contribution is -2.07. The number of benzene rings is 1. The van der Waals surface area contributed by atoms with Crippen molar-refractivity contribution in [3.8, 4) is 0 Å². The third kappa shape index (κ3) is 3.23. The van der Waals surface area contributed by atoms with Crippen LogP contribution in [0.3, 0.4) is 0 Å². The van der Waals surface area contributed by atoms with Gasteiger partial charge in [0, 0.05) is 6.42 Å². The quantitative estimate of drug-likeness (QED) is 0.816. The van der Waals surface area contributed by atoms with Crippen LogP contribution in [0.1, 0.15) is 11.4 Å². The molecular weight excluding hydrogens is 226 g/mol. The predicted molar refractivity (Wildman–Crippen MR) is 61.4 cm³/mol. The number of imidazole rings is 1. The molecule has 1 N–H and O–H groups in total. The summed E-state index contributed by atoms with van der Waals surface area (Å²) in [4.78, 5) is 7.49. The molecule has 2 aromatic rings. The van der Waals surface area contributed by atoms with Crippen molar-refractivity contribution in [2.45, 2.75) is 19.8 Å². The van der Waals surface area contributed by atoms with Crippen molar-refractivity contribution < 1.29 is 13.5 Å². The van der Waals surface area contributed by atoms with Gasteiger partial charge in [0.25, 0.3) is 6.43 Å². The van der Waals surface area contributed by atoms with Crippen molar-refractivity contribution in [3.05, 3.63) is 29.6 Å². The zero-order valence-corrected chi connectivity index (χ0v) is 9.54. The van der Waals surface area contributed by atoms with Crippen LogP contribution in [0, 0.1) is 6.92 Å². The van der Waals surface area contributed by atoms with E-state index in [4.69, 9.17) is 4.74 Å². The van der Waals surface area contributed by atoms with Crippen molar-refractivity contribution >= 4 is 11.0 Å². The lowest BCUT2D eigenvalue weighted by molar-refractivity contribution is 0.0183. The van der Waals surface area contributed by atoms with Crippen molar-refractivity contribution in [1.29, 1.82) is 0 Å². The number of alkyl halides is 2. The van der Waals surface area contributed by atoms with E-state index in [1.165, 1.54) is 0 Å². The highest BCUT2D eigenvalue weighted by Crippen LogP contribution is 2.13. The fraction of sp³-hybridized carbons (Fsp3) is 0.417. The molecule has 1 aromatic carbocycles. The number of H-pyrrole nitrogens is 1. The maximum atomic E-state index is 11.8. The molecule has 0 fully saturated rings. The summed E-state index contributed by atoms with van der Waals surface area (Å²) < 4.78 is 28.5. The van der Waals surface area contributed by atoms with E-state index in [0.717, 1.165) is 22.4 Å². The van der Waals surface area contributed by atoms with Gasteiger partial charge in [-0.25, -0.2) is 13.8 Å². The molecule has 0 saturated carbocycles. The number of nitrogens with one attached hydrogen (secondary N) is 1. The van der Waals surface area contributed by atoms with Crippen molar-refractivity contribution in [3.63, 3.8) is 0 Å². The van der Waals surface area contributed by atoms with Crippen molar-refractivity contribution in [1.82, 2.24) is 9.97 Å². The second-order valence-electron chi connectivity index (χ2n) is 3.92. The molecule has 0 aliphatic heterocycles. The Morgan fingerprint density at radius 3 is 3.00 bits per heavy atom. The van der Waals surface area contributed by atoms with Gasteiger partial charge >= 0.3 is 0 Å². The van der Waals surface area contributed by atoms with Gasteiger partial charge in [-0.05, 0) is 24.6 Å². The maximum Gasteiger partial charge on any atom is 0.261 e. The smallest absolute Gasteiger partial charge is 0.261 e. The van der Waals surface area contributed by atoms with E-state index < -0.39 is 13.0 Å². The summed E-state index contributed by atoms with van der Waals surface area (Å²) in [6, 6.07) is 5.93. The summed E-state index contributed by atoms with van der Waals surface area (Å²) in [5.41, 5.74) is 3.01. The van der Waals surface area contributed by atoms with E-state index in [-0.39, 0.29) is 6.61 Å². The molecule has 2 rings (SSSR count). The predicted octanol–water partition coefficient (Wildman–Crippen LogP) is 2.70. The topological polar surface area (TPSA) is 37.9 Å². The first-order valence-electron chi connectivity index (χ1n) is 5.46. The van der Waals surface area contributed by atoms with Crippen LogP contribution in [0.25, 0.3) is 11.0 Å². The Morgan fingerprint density at radius 1 is 1.41 bits per heavy atom. The van der Waals surface area contributed by atoms with Crippen LogP contribution in [-0.2, 0) is 11.2 Å². The normalized spacial score (nSPS) is 11.5. The summed E-state index contributed by atoms with van der Waals surface area (Å²) in [6.45, 7) is 1.74. The minimum Gasteiger partial charge on any atom is -0.375 e. The van der Waals surface area contributed by atoms with E-state index in [1.807, 2.05) is 25.1 Å². The van der Waals surface area contributed by atoms with Crippen molar-refractivity contribution in [2.24, 2.45) is 0 Å². The molecule has 0 unspecified atom stereocenters. The highest BCUT2D eigenvalue weighted by atomic mass is 19.3. The van der Waals surface area contributed by atoms with Gasteiger partial charge in [0.1, 0.15) is 12.4 Å². The molecule has 1 heterocycles. The average Bonchev–Trinajstić information content (AvgIpc) is 2.66. The minimum absolute atomic E-state index is 0.253. The molecule has 3 nitrogen and oxygen atoms in total. The Morgan fingerprint density at radius 2 is 2.24 bits per heavy atom. The first kappa shape index (κ1) is 12.0. The van der Waals surface area contributed by atoms with Crippen LogP contribution in [0.5, 0.6) is 0 Å². The molecule has 0 aliphatic rings. The van der Waals surface area contributed by atoms with E-state index in [0.29, 0.717) is 6.42 Å². The van der Waals surface area contributed by atoms with Crippen LogP contribution >= 0.6 is 0 Å². The van der Waals surface area contributed by atoms with Gasteiger partial charge in [-0.1, -0.05) is 6.07 Å². The molecule has 0 atom stereocenters. The third-order valence-corrected chi connectivity index (χ3v) is 2.41. The van der Waals surface area contributed by atoms with Gasteiger partial charge in [-0.3, -0.25) is 0 Å². The highest BCUT2D eigenvalue weighted by Gasteiger charge is 2.05. The van der Waals surface area contributed by atoms with Crippen molar-refractivity contribution in [2.75, 3.05) is 13.2 Å². The number of fused-ring (bicyclic) bond motifs is 1. The molecule has 0 spiro atoms. The molecule has 0 amide bonds. The number of halogens is 2. The first-order chi connectivity index (χ1) is 8.15. The highest BCUT2D eigenvalue weighted by molar-refractivity contribution is 5.75. The maximum absolute atomic E-state index is 11.8. The number of aryl methyl sites for hydroxylation is 1. The van der Waals surface area contributed by atoms with Crippen LogP contribution < -0.4 is 0 Å². The molecule has 0 bridgehead atoms. The summed E-state index contributed by atoms with van der Waals surface area (Å²) in [5, 5.41) is 0. The molecule has 0 radical (unpaired) electrons. The number of rotatable bonds is 5. The summed E-state index contributed by atoms with van der Waals surface area (Å²) in [5.74, 6) is 0.764. The Kier molecular flexibility index (Phi) is 3.68. The standard InChI is InChI=1S/C12H14F2N2O/c1-8-2-3-9-10(6-8)16-12(15-9)4-5-17-7-11(13)14/h2-3,6,11H,4-5,7H2,1H3,(H,15,16). The van der Waals surface area contributed by atoms with Crippen LogP contribution in [0.2, 0.25) is 0 Å². The molecular formula is C12H14F2N2O. The van der Waals surface area contributed by atoms with Gasteiger partial charge in [0.15, 0.2) is 0 Å². The van der Waals surface area contributed by atoms with Gasteiger partial charge in [-0.15, -0.1) is 0 Å². The number of ether oxygens (including phenoxy) is 1. The van der Waals surface area contributed by atoms with Crippen LogP contribution in [0.15, 0.2) is 18.2 Å². The van der Waals surface area contributed by atoms with E-state index in [9.17, 15) is 8.78 Å². The largest absolute Gasteiger partial charge is 0.375 e. The Hall–Kier alpha value is -1.49. The summed E-state index contributed by atoms with van der Waals surface area (Å²) >= 11 is 0. The second-order valence-corrected chi connectivity index (χ2v) is 3.92. The Balaban J connectivity index is 1.95. The number of aromatic nitrogens is 2. The molecule has 92 valence electrons. The summed E-state index contributed by atoms with van der Waals surface area (Å²) in [7, 11) is 0. The Bertz CT molecular complexity index is 496. The Labute approximate surface area is 97.8 Å². The van der Waals surface area contributed by atoms with Crippen LogP contribution in [0.4, 0.5) is 8.78 Å². The number of hydrogen-bond acceptors (Lipinski definition) is 2. The fourth-order valence-corrected chi connectivity index (χ4v) is 1.64. The van der Waals surface area contributed by atoms with E-state index in [2.05, 4.69) is 9.97 Å². The van der Waals surface area contributed by atoms with Gasteiger partial charge in [0.2, 0.25) is 0 Å². The molecule has 5 heteroatoms. The number of aromatic amines is 1. The number of nitrogens with zero attached hydrogens (tertiary/aromatic N) is 1. The monoisotopic (exact) mass is 240 g/mol. The molecule has 1 aromatic heterocycles. The number of hydrogen-bond donors (Lipinski definition) is 1. The van der Waals surface area contributed by atoms with E-state index in [1.54, 1.807) is 0 Å². The molecule has 0 aliphatic carbocycles. The van der Waals surface area contributed by atoms with Gasteiger partial charge < -0.3 is 9.72 Å². The SMILES string of the molecule is Cc1ccc2nc(CCOCC(F)F)[nH]c2c1. The second kappa shape index (κ2) is 5.23. The summed E-state index contributed by atoms with van der Waals surface area (Å²) in [6.07, 6.45) is -1.89. The van der Waals surface area contributed by atoms with Crippen LogP contribution in [-0.4, -0.2) is 29.6 Å². The zero-order valence-electron chi connectivity index (χ0n) is 9.54. The lowest BCUT2D eigenvalue weighted by Gasteiger charge is -2.00.